The Kier molecular flexibility index (Phi) is 2.14. The molecule has 2 nitrogen and oxygen atoms in total. The lowest BCUT2D eigenvalue weighted by Crippen LogP contribution is -2.05. The monoisotopic (exact) mass is 297 g/mol. The van der Waals surface area contributed by atoms with Gasteiger partial charge in [0.25, 0.3) is 0 Å². The quantitative estimate of drug-likeness (QED) is 0.261. The number of hydrogen-bond acceptors (Lipinski definition) is 2. The molecule has 0 radical (unpaired) electrons. The van der Waals surface area contributed by atoms with Crippen molar-refractivity contribution in [2.24, 2.45) is 0 Å². The maximum Gasteiger partial charge on any atom is 0.112 e. The molecule has 1 fully saturated rings. The van der Waals surface area contributed by atoms with Gasteiger partial charge in [-0.1, -0.05) is 48.5 Å². The molecule has 1 aromatic heterocycles. The van der Waals surface area contributed by atoms with E-state index in [1.165, 1.54) is 32.7 Å². The van der Waals surface area contributed by atoms with Gasteiger partial charge in [-0.05, 0) is 29.9 Å². The van der Waals surface area contributed by atoms with E-state index in [0.717, 1.165) is 23.9 Å². The summed E-state index contributed by atoms with van der Waals surface area (Å²) in [5.41, 5.74) is 5.00. The van der Waals surface area contributed by atoms with Crippen LogP contribution in [0.3, 0.4) is 0 Å². The second kappa shape index (κ2) is 4.09. The second-order valence-electron chi connectivity index (χ2n) is 6.69. The lowest BCUT2D eigenvalue weighted by molar-refractivity contribution is 0.373. The fourth-order valence-corrected chi connectivity index (χ4v) is 4.15. The van der Waals surface area contributed by atoms with Gasteiger partial charge in [0.2, 0.25) is 0 Å². The maximum absolute atomic E-state index is 5.87. The first-order valence-electron chi connectivity index (χ1n) is 8.28. The predicted octanol–water partition coefficient (Wildman–Crippen LogP) is 4.93. The fraction of sp³-hybridized carbons (Fsp3) is 0.190. The standard InChI is InChI=1S/C21H15NO/c1-2-4-16-12(3-1)5-7-14-11-15-8-6-13-9-10-17-21(23-17)18(13)20(15)22-19(14)16/h1-8,11,17,21H,9-10H2/t17-,21?/m0/s1. The van der Waals surface area contributed by atoms with Crippen molar-refractivity contribution < 1.29 is 4.74 Å². The van der Waals surface area contributed by atoms with Crippen LogP contribution in [0.5, 0.6) is 0 Å². The third-order valence-electron chi connectivity index (χ3n) is 5.37. The summed E-state index contributed by atoms with van der Waals surface area (Å²) in [5.74, 6) is 0. The van der Waals surface area contributed by atoms with Gasteiger partial charge in [-0.25, -0.2) is 4.98 Å². The molecule has 0 amide bonds. The first-order chi connectivity index (χ1) is 11.4. The molecule has 0 bridgehead atoms. The van der Waals surface area contributed by atoms with Gasteiger partial charge >= 0.3 is 0 Å². The Hall–Kier alpha value is -2.45. The van der Waals surface area contributed by atoms with E-state index in [0.29, 0.717) is 6.10 Å². The highest BCUT2D eigenvalue weighted by atomic mass is 16.6. The Morgan fingerprint density at radius 1 is 0.870 bits per heavy atom. The van der Waals surface area contributed by atoms with Gasteiger partial charge in [-0.3, -0.25) is 0 Å². The zero-order chi connectivity index (χ0) is 15.0. The molecule has 2 heteroatoms. The van der Waals surface area contributed by atoms with Crippen LogP contribution in [0, 0.1) is 0 Å². The number of epoxide rings is 1. The van der Waals surface area contributed by atoms with Crippen LogP contribution in [0.15, 0.2) is 54.6 Å². The molecule has 1 unspecified atom stereocenters. The smallest absolute Gasteiger partial charge is 0.112 e. The zero-order valence-electron chi connectivity index (χ0n) is 12.6. The number of hydrogen-bond donors (Lipinski definition) is 0. The molecule has 110 valence electrons. The molecule has 23 heavy (non-hydrogen) atoms. The van der Waals surface area contributed by atoms with Crippen LogP contribution in [0.25, 0.3) is 32.6 Å². The molecule has 1 aliphatic carbocycles. The zero-order valence-corrected chi connectivity index (χ0v) is 12.6. The highest BCUT2D eigenvalue weighted by Crippen LogP contribution is 2.49. The topological polar surface area (TPSA) is 25.4 Å². The largest absolute Gasteiger partial charge is 0.364 e. The molecule has 0 spiro atoms. The average molecular weight is 297 g/mol. The maximum atomic E-state index is 5.87. The molecule has 0 saturated carbocycles. The number of rotatable bonds is 0. The summed E-state index contributed by atoms with van der Waals surface area (Å²) in [6.07, 6.45) is 2.97. The Bertz CT molecular complexity index is 1110. The molecule has 2 aliphatic rings. The van der Waals surface area contributed by atoms with E-state index in [1.54, 1.807) is 0 Å². The summed E-state index contributed by atoms with van der Waals surface area (Å²) >= 11 is 0. The van der Waals surface area contributed by atoms with Crippen LogP contribution in [0.1, 0.15) is 23.7 Å². The third-order valence-corrected chi connectivity index (χ3v) is 5.37. The molecule has 2 heterocycles. The van der Waals surface area contributed by atoms with Gasteiger partial charge in [-0.15, -0.1) is 0 Å². The minimum Gasteiger partial charge on any atom is -0.364 e. The molecule has 0 N–H and O–H groups in total. The molecule has 1 saturated heterocycles. The van der Waals surface area contributed by atoms with Crippen LogP contribution in [-0.4, -0.2) is 11.1 Å². The van der Waals surface area contributed by atoms with Crippen molar-refractivity contribution in [3.63, 3.8) is 0 Å². The SMILES string of the molecule is c1ccc2c(c1)ccc1cc3ccc4c(c3nc12)C1O[C@H]1CC4. The molecule has 1 aliphatic heterocycles. The summed E-state index contributed by atoms with van der Waals surface area (Å²) < 4.78 is 5.87. The molecule has 3 aromatic carbocycles. The van der Waals surface area contributed by atoms with Gasteiger partial charge in [0.1, 0.15) is 6.10 Å². The minimum atomic E-state index is 0.280. The predicted molar refractivity (Wildman–Crippen MR) is 92.7 cm³/mol. The van der Waals surface area contributed by atoms with Crippen molar-refractivity contribution in [2.45, 2.75) is 25.0 Å². The summed E-state index contributed by atoms with van der Waals surface area (Å²) in [4.78, 5) is 5.12. The lowest BCUT2D eigenvalue weighted by Gasteiger charge is -2.15. The summed E-state index contributed by atoms with van der Waals surface area (Å²) in [7, 11) is 0. The molecule has 2 atom stereocenters. The number of ether oxygens (including phenoxy) is 1. The van der Waals surface area contributed by atoms with Gasteiger partial charge < -0.3 is 4.74 Å². The van der Waals surface area contributed by atoms with Crippen LogP contribution < -0.4 is 0 Å². The Morgan fingerprint density at radius 2 is 1.70 bits per heavy atom. The first-order valence-corrected chi connectivity index (χ1v) is 8.28. The number of benzene rings is 3. The molecular formula is C21H15NO. The Labute approximate surface area is 133 Å². The van der Waals surface area contributed by atoms with Crippen LogP contribution in [0.4, 0.5) is 0 Å². The van der Waals surface area contributed by atoms with Crippen LogP contribution in [-0.2, 0) is 11.2 Å². The van der Waals surface area contributed by atoms with Gasteiger partial charge in [0.05, 0.1) is 17.1 Å². The highest BCUT2D eigenvalue weighted by Gasteiger charge is 2.45. The van der Waals surface area contributed by atoms with E-state index >= 15 is 0 Å². The Balaban J connectivity index is 1.78. The summed E-state index contributed by atoms with van der Waals surface area (Å²) in [6, 6.07) is 19.6. The van der Waals surface area contributed by atoms with Crippen molar-refractivity contribution in [3.05, 3.63) is 65.7 Å². The van der Waals surface area contributed by atoms with Crippen LogP contribution >= 0.6 is 0 Å². The summed E-state index contributed by atoms with van der Waals surface area (Å²) in [6.45, 7) is 0. The van der Waals surface area contributed by atoms with E-state index in [1.807, 2.05) is 0 Å². The van der Waals surface area contributed by atoms with Crippen molar-refractivity contribution in [3.8, 4) is 0 Å². The van der Waals surface area contributed by atoms with Gasteiger partial charge in [0.15, 0.2) is 0 Å². The van der Waals surface area contributed by atoms with Crippen molar-refractivity contribution >= 4 is 32.6 Å². The molecule has 6 rings (SSSR count). The second-order valence-corrected chi connectivity index (χ2v) is 6.69. The van der Waals surface area contributed by atoms with E-state index in [4.69, 9.17) is 9.72 Å². The lowest BCUT2D eigenvalue weighted by atomic mass is 9.89. The van der Waals surface area contributed by atoms with Gasteiger partial charge in [-0.2, -0.15) is 0 Å². The number of pyridine rings is 1. The van der Waals surface area contributed by atoms with E-state index < -0.39 is 0 Å². The van der Waals surface area contributed by atoms with Crippen LogP contribution in [0.2, 0.25) is 0 Å². The number of nitrogens with zero attached hydrogens (tertiary/aromatic N) is 1. The average Bonchev–Trinajstić information content (AvgIpc) is 3.39. The normalized spacial score (nSPS) is 22.3. The van der Waals surface area contributed by atoms with E-state index in [9.17, 15) is 0 Å². The first kappa shape index (κ1) is 12.0. The number of aryl methyl sites for hydroxylation is 1. The summed E-state index contributed by atoms with van der Waals surface area (Å²) in [5, 5.41) is 4.91. The molecular weight excluding hydrogens is 282 g/mol. The van der Waals surface area contributed by atoms with Crippen molar-refractivity contribution in [2.75, 3.05) is 0 Å². The van der Waals surface area contributed by atoms with Gasteiger partial charge in [0, 0.05) is 21.7 Å². The highest BCUT2D eigenvalue weighted by molar-refractivity contribution is 6.08. The van der Waals surface area contributed by atoms with E-state index in [2.05, 4.69) is 54.6 Å². The number of aromatic nitrogens is 1. The third kappa shape index (κ3) is 1.59. The number of fused-ring (bicyclic) bond motifs is 8. The van der Waals surface area contributed by atoms with E-state index in [-0.39, 0.29) is 6.10 Å². The Morgan fingerprint density at radius 3 is 2.70 bits per heavy atom. The van der Waals surface area contributed by atoms with Crippen molar-refractivity contribution in [1.82, 2.24) is 4.98 Å². The molecule has 4 aromatic rings. The van der Waals surface area contributed by atoms with Crippen molar-refractivity contribution in [1.29, 1.82) is 0 Å². The minimum absolute atomic E-state index is 0.280. The fourth-order valence-electron chi connectivity index (χ4n) is 4.15.